The number of aromatic nitrogens is 3. The molecule has 2 heterocycles. The Kier molecular flexibility index (Phi) is 5.96. The van der Waals surface area contributed by atoms with Gasteiger partial charge in [0.05, 0.1) is 12.8 Å². The van der Waals surface area contributed by atoms with Crippen molar-refractivity contribution in [3.63, 3.8) is 0 Å². The summed E-state index contributed by atoms with van der Waals surface area (Å²) in [5.74, 6) is 0.206. The Bertz CT molecular complexity index is 1090. The molecule has 0 aliphatic heterocycles. The van der Waals surface area contributed by atoms with Gasteiger partial charge in [0, 0.05) is 35.0 Å². The number of carbonyl (C=O) groups is 2. The van der Waals surface area contributed by atoms with Crippen LogP contribution < -0.4 is 4.74 Å². The highest BCUT2D eigenvalue weighted by Crippen LogP contribution is 2.22. The van der Waals surface area contributed by atoms with Crippen LogP contribution in [0.5, 0.6) is 5.75 Å². The van der Waals surface area contributed by atoms with E-state index < -0.39 is 0 Å². The van der Waals surface area contributed by atoms with E-state index in [2.05, 4.69) is 10.1 Å². The number of hydrogen-bond acceptors (Lipinski definition) is 6. The molecule has 7 heteroatoms. The number of fused-ring (bicyclic) bond motifs is 1. The zero-order valence-electron chi connectivity index (χ0n) is 17.4. The molecule has 0 radical (unpaired) electrons. The number of hydrogen-bond donors (Lipinski definition) is 0. The molecule has 0 aliphatic rings. The van der Waals surface area contributed by atoms with Gasteiger partial charge in [-0.1, -0.05) is 0 Å². The lowest BCUT2D eigenvalue weighted by Gasteiger charge is -2.12. The number of rotatable bonds is 7. The van der Waals surface area contributed by atoms with Crippen molar-refractivity contribution in [1.29, 1.82) is 0 Å². The molecule has 3 rings (SSSR count). The zero-order valence-corrected chi connectivity index (χ0v) is 17.4. The summed E-state index contributed by atoms with van der Waals surface area (Å²) in [7, 11) is 1.54. The maximum atomic E-state index is 12.3. The molecular weight excluding hydrogens is 370 g/mol. The van der Waals surface area contributed by atoms with Gasteiger partial charge in [-0.15, -0.1) is 0 Å². The summed E-state index contributed by atoms with van der Waals surface area (Å²) in [6.07, 6.45) is 0.743. The first-order chi connectivity index (χ1) is 13.8. The van der Waals surface area contributed by atoms with E-state index >= 15 is 0 Å². The lowest BCUT2D eigenvalue weighted by atomic mass is 10.1. The lowest BCUT2D eigenvalue weighted by Crippen LogP contribution is -2.10. The molecule has 0 unspecified atom stereocenters. The van der Waals surface area contributed by atoms with Crippen LogP contribution in [0.2, 0.25) is 0 Å². The average Bonchev–Trinajstić information content (AvgIpc) is 3.06. The summed E-state index contributed by atoms with van der Waals surface area (Å²) in [4.78, 5) is 28.5. The molecule has 0 saturated heterocycles. The van der Waals surface area contributed by atoms with E-state index in [0.717, 1.165) is 28.3 Å². The first-order valence-electron chi connectivity index (χ1n) is 9.46. The van der Waals surface area contributed by atoms with Gasteiger partial charge in [-0.2, -0.15) is 5.10 Å². The molecular formula is C22H25N3O4. The van der Waals surface area contributed by atoms with Crippen LogP contribution in [0.4, 0.5) is 0 Å². The molecule has 1 aromatic carbocycles. The van der Waals surface area contributed by atoms with Crippen molar-refractivity contribution in [1.82, 2.24) is 14.6 Å². The molecule has 3 aromatic rings. The fourth-order valence-electron chi connectivity index (χ4n) is 3.37. The first-order valence-corrected chi connectivity index (χ1v) is 9.46. The summed E-state index contributed by atoms with van der Waals surface area (Å²) in [6.45, 7) is 7.39. The predicted molar refractivity (Wildman–Crippen MR) is 108 cm³/mol. The topological polar surface area (TPSA) is 82.8 Å². The van der Waals surface area contributed by atoms with E-state index in [9.17, 15) is 9.59 Å². The van der Waals surface area contributed by atoms with Gasteiger partial charge in [0.25, 0.3) is 0 Å². The molecule has 0 N–H and O–H groups in total. The normalized spacial score (nSPS) is 10.9. The number of ether oxygens (including phenoxy) is 2. The standard InChI is InChI=1S/C22H25N3O4/c1-13-10-21-23-14(2)19(15(3)25(21)24-13)7-9-22(27)29-12-18-11-17(16(4)26)6-8-20(18)28-5/h6,8,10-11H,7,9,12H2,1-5H3. The minimum absolute atomic E-state index is 0.0523. The van der Waals surface area contributed by atoms with Gasteiger partial charge in [0.2, 0.25) is 0 Å². The number of Topliss-reactive ketones (excluding diaryl/α,β-unsaturated/α-hetero) is 1. The van der Waals surface area contributed by atoms with Crippen molar-refractivity contribution in [3.05, 3.63) is 58.0 Å². The largest absolute Gasteiger partial charge is 0.496 e. The molecule has 0 spiro atoms. The number of aryl methyl sites for hydroxylation is 3. The van der Waals surface area contributed by atoms with Gasteiger partial charge < -0.3 is 9.47 Å². The van der Waals surface area contributed by atoms with Crippen molar-refractivity contribution in [3.8, 4) is 5.75 Å². The minimum atomic E-state index is -0.323. The van der Waals surface area contributed by atoms with Crippen LogP contribution in [0.15, 0.2) is 24.3 Å². The van der Waals surface area contributed by atoms with Crippen LogP contribution in [0.1, 0.15) is 51.9 Å². The van der Waals surface area contributed by atoms with Gasteiger partial charge in [-0.3, -0.25) is 9.59 Å². The van der Waals surface area contributed by atoms with E-state index in [4.69, 9.17) is 9.47 Å². The quantitative estimate of drug-likeness (QED) is 0.449. The van der Waals surface area contributed by atoms with Crippen LogP contribution in [-0.2, 0) is 22.6 Å². The number of ketones is 1. The molecule has 0 amide bonds. The summed E-state index contributed by atoms with van der Waals surface area (Å²) in [6, 6.07) is 7.03. The van der Waals surface area contributed by atoms with Crippen molar-refractivity contribution in [2.24, 2.45) is 0 Å². The Hall–Kier alpha value is -3.22. The molecule has 0 aliphatic carbocycles. The highest BCUT2D eigenvalue weighted by molar-refractivity contribution is 5.94. The van der Waals surface area contributed by atoms with Gasteiger partial charge >= 0.3 is 5.97 Å². The highest BCUT2D eigenvalue weighted by atomic mass is 16.5. The number of benzene rings is 1. The molecule has 0 saturated carbocycles. The molecule has 152 valence electrons. The number of carbonyl (C=O) groups excluding carboxylic acids is 2. The molecule has 7 nitrogen and oxygen atoms in total. The summed E-state index contributed by atoms with van der Waals surface area (Å²) in [5.41, 5.74) is 5.78. The van der Waals surface area contributed by atoms with Crippen LogP contribution in [0.25, 0.3) is 5.65 Å². The molecule has 0 atom stereocenters. The van der Waals surface area contributed by atoms with Gasteiger partial charge in [-0.05, 0) is 57.9 Å². The molecule has 29 heavy (non-hydrogen) atoms. The third-order valence-corrected chi connectivity index (χ3v) is 4.94. The fraction of sp³-hybridized carbons (Fsp3) is 0.364. The number of methoxy groups -OCH3 is 1. The molecule has 0 fully saturated rings. The Morgan fingerprint density at radius 1 is 1.14 bits per heavy atom. The van der Waals surface area contributed by atoms with Crippen LogP contribution in [-0.4, -0.2) is 33.5 Å². The Labute approximate surface area is 169 Å². The smallest absolute Gasteiger partial charge is 0.306 e. The van der Waals surface area contributed by atoms with Gasteiger partial charge in [0.15, 0.2) is 11.4 Å². The maximum Gasteiger partial charge on any atom is 0.306 e. The van der Waals surface area contributed by atoms with Crippen molar-refractivity contribution >= 4 is 17.4 Å². The maximum absolute atomic E-state index is 12.3. The number of esters is 1. The molecule has 0 bridgehead atoms. The number of nitrogens with zero attached hydrogens (tertiary/aromatic N) is 3. The highest BCUT2D eigenvalue weighted by Gasteiger charge is 2.14. The Balaban J connectivity index is 1.67. The van der Waals surface area contributed by atoms with Crippen molar-refractivity contribution in [2.45, 2.75) is 47.1 Å². The minimum Gasteiger partial charge on any atom is -0.496 e. The predicted octanol–water partition coefficient (Wildman–Crippen LogP) is 3.54. The second-order valence-corrected chi connectivity index (χ2v) is 7.06. The second kappa shape index (κ2) is 8.43. The summed E-state index contributed by atoms with van der Waals surface area (Å²) in [5, 5.41) is 4.46. The van der Waals surface area contributed by atoms with E-state index in [0.29, 0.717) is 23.3 Å². The lowest BCUT2D eigenvalue weighted by molar-refractivity contribution is -0.144. The second-order valence-electron chi connectivity index (χ2n) is 7.06. The average molecular weight is 395 g/mol. The first kappa shape index (κ1) is 20.5. The summed E-state index contributed by atoms with van der Waals surface area (Å²) >= 11 is 0. The van der Waals surface area contributed by atoms with E-state index in [1.165, 1.54) is 6.92 Å². The van der Waals surface area contributed by atoms with Crippen LogP contribution in [0, 0.1) is 20.8 Å². The SMILES string of the molecule is COc1ccc(C(C)=O)cc1COC(=O)CCc1c(C)nc2cc(C)nn2c1C. The Morgan fingerprint density at radius 3 is 2.59 bits per heavy atom. The van der Waals surface area contributed by atoms with Crippen LogP contribution >= 0.6 is 0 Å². The van der Waals surface area contributed by atoms with Gasteiger partial charge in [-0.25, -0.2) is 9.50 Å². The van der Waals surface area contributed by atoms with Crippen LogP contribution in [0.3, 0.4) is 0 Å². The van der Waals surface area contributed by atoms with Crippen molar-refractivity contribution in [2.75, 3.05) is 7.11 Å². The monoisotopic (exact) mass is 395 g/mol. The van der Waals surface area contributed by atoms with Crippen molar-refractivity contribution < 1.29 is 19.1 Å². The Morgan fingerprint density at radius 2 is 1.90 bits per heavy atom. The van der Waals surface area contributed by atoms with E-state index in [1.54, 1.807) is 29.8 Å². The zero-order chi connectivity index (χ0) is 21.1. The van der Waals surface area contributed by atoms with Gasteiger partial charge in [0.1, 0.15) is 12.4 Å². The van der Waals surface area contributed by atoms with E-state index in [1.807, 2.05) is 26.8 Å². The third kappa shape index (κ3) is 4.45. The van der Waals surface area contributed by atoms with E-state index in [-0.39, 0.29) is 24.8 Å². The molecule has 2 aromatic heterocycles. The summed E-state index contributed by atoms with van der Waals surface area (Å²) < 4.78 is 12.5. The third-order valence-electron chi connectivity index (χ3n) is 4.94. The fourth-order valence-corrected chi connectivity index (χ4v) is 3.37.